The van der Waals surface area contributed by atoms with E-state index in [0.29, 0.717) is 17.4 Å². The van der Waals surface area contributed by atoms with Crippen molar-refractivity contribution in [2.24, 2.45) is 4.99 Å². The van der Waals surface area contributed by atoms with Crippen LogP contribution in [0.25, 0.3) is 0 Å². The lowest BCUT2D eigenvalue weighted by molar-refractivity contribution is -0.122. The monoisotopic (exact) mass is 323 g/mol. The van der Waals surface area contributed by atoms with Crippen molar-refractivity contribution in [1.29, 1.82) is 0 Å². The smallest absolute Gasteiger partial charge is 0.240 e. The zero-order valence-corrected chi connectivity index (χ0v) is 13.1. The number of hydrogen-bond acceptors (Lipinski definition) is 4. The molecule has 0 spiro atoms. The van der Waals surface area contributed by atoms with Crippen LogP contribution in [0, 0.1) is 5.82 Å². The van der Waals surface area contributed by atoms with E-state index < -0.39 is 5.25 Å². The van der Waals surface area contributed by atoms with Crippen LogP contribution in [0.4, 0.5) is 10.1 Å². The lowest BCUT2D eigenvalue weighted by Gasteiger charge is -2.07. The number of anilines is 1. The Morgan fingerprint density at radius 2 is 2.14 bits per heavy atom. The molecular weight excluding hydrogens is 305 g/mol. The number of benzene rings is 1. The average Bonchev–Trinajstić information content (AvgIpc) is 2.82. The lowest BCUT2D eigenvalue weighted by atomic mass is 10.2. The molecule has 2 amide bonds. The van der Waals surface area contributed by atoms with Gasteiger partial charge in [0.1, 0.15) is 11.1 Å². The minimum absolute atomic E-state index is 0.0562. The van der Waals surface area contributed by atoms with Gasteiger partial charge in [-0.3, -0.25) is 14.6 Å². The third kappa shape index (κ3) is 4.84. The number of carbonyl (C=O) groups excluding carboxylic acids is 2. The summed E-state index contributed by atoms with van der Waals surface area (Å²) in [7, 11) is 0. The van der Waals surface area contributed by atoms with Gasteiger partial charge in [0, 0.05) is 18.7 Å². The first kappa shape index (κ1) is 16.5. The predicted molar refractivity (Wildman–Crippen MR) is 86.4 cm³/mol. The van der Waals surface area contributed by atoms with Gasteiger partial charge in [-0.05, 0) is 30.7 Å². The van der Waals surface area contributed by atoms with Crippen molar-refractivity contribution in [3.8, 4) is 0 Å². The van der Waals surface area contributed by atoms with Gasteiger partial charge < -0.3 is 10.6 Å². The van der Waals surface area contributed by atoms with Crippen LogP contribution in [0.2, 0.25) is 0 Å². The molecule has 1 aromatic rings. The molecular formula is C15H18FN3O2S. The van der Waals surface area contributed by atoms with E-state index in [1.54, 1.807) is 0 Å². The molecule has 1 atom stereocenters. The normalized spacial score (nSPS) is 19.3. The molecule has 2 N–H and O–H groups in total. The highest BCUT2D eigenvalue weighted by Gasteiger charge is 2.31. The Hall–Kier alpha value is -1.89. The number of nitrogens with one attached hydrogen (secondary N) is 2. The summed E-state index contributed by atoms with van der Waals surface area (Å²) < 4.78 is 12.8. The Bertz CT molecular complexity index is 575. The number of hydrogen-bond donors (Lipinski definition) is 2. The third-order valence-corrected chi connectivity index (χ3v) is 4.16. The summed E-state index contributed by atoms with van der Waals surface area (Å²) in [5.41, 5.74) is 0.506. The second-order valence-electron chi connectivity index (χ2n) is 4.90. The summed E-state index contributed by atoms with van der Waals surface area (Å²) in [6, 6.07) is 5.50. The van der Waals surface area contributed by atoms with Crippen molar-refractivity contribution in [3.63, 3.8) is 0 Å². The van der Waals surface area contributed by atoms with Crippen LogP contribution in [0.1, 0.15) is 26.2 Å². The van der Waals surface area contributed by atoms with E-state index in [-0.39, 0.29) is 24.1 Å². The van der Waals surface area contributed by atoms with Crippen molar-refractivity contribution in [1.82, 2.24) is 5.32 Å². The van der Waals surface area contributed by atoms with Gasteiger partial charge in [-0.2, -0.15) is 0 Å². The zero-order valence-electron chi connectivity index (χ0n) is 12.3. The average molecular weight is 323 g/mol. The number of amides is 2. The number of halogens is 1. The minimum Gasteiger partial charge on any atom is -0.326 e. The lowest BCUT2D eigenvalue weighted by Crippen LogP contribution is -2.28. The van der Waals surface area contributed by atoms with Gasteiger partial charge in [0.2, 0.25) is 11.8 Å². The molecule has 0 saturated carbocycles. The molecule has 1 aliphatic heterocycles. The van der Waals surface area contributed by atoms with E-state index in [0.717, 1.165) is 12.8 Å². The highest BCUT2D eigenvalue weighted by molar-refractivity contribution is 8.15. The fraction of sp³-hybridized carbons (Fsp3) is 0.400. The van der Waals surface area contributed by atoms with Crippen molar-refractivity contribution in [2.45, 2.75) is 31.4 Å². The Labute approximate surface area is 132 Å². The maximum Gasteiger partial charge on any atom is 0.240 e. The second-order valence-corrected chi connectivity index (χ2v) is 6.09. The number of nitrogens with zero attached hydrogens (tertiary/aromatic N) is 1. The highest BCUT2D eigenvalue weighted by Crippen LogP contribution is 2.23. The van der Waals surface area contributed by atoms with Gasteiger partial charge in [-0.25, -0.2) is 4.39 Å². The number of carbonyl (C=O) groups is 2. The quantitative estimate of drug-likeness (QED) is 0.790. The van der Waals surface area contributed by atoms with Gasteiger partial charge in [0.05, 0.1) is 0 Å². The Balaban J connectivity index is 1.85. The number of unbranched alkanes of at least 4 members (excludes halogenated alkanes) is 1. The van der Waals surface area contributed by atoms with E-state index in [1.807, 2.05) is 0 Å². The molecule has 1 fully saturated rings. The van der Waals surface area contributed by atoms with Gasteiger partial charge in [-0.15, -0.1) is 0 Å². The van der Waals surface area contributed by atoms with Crippen LogP contribution in [0.5, 0.6) is 0 Å². The number of rotatable bonds is 6. The molecule has 1 unspecified atom stereocenters. The summed E-state index contributed by atoms with van der Waals surface area (Å²) >= 11 is 1.28. The summed E-state index contributed by atoms with van der Waals surface area (Å²) in [6.45, 7) is 2.75. The van der Waals surface area contributed by atoms with Crippen molar-refractivity contribution in [2.75, 3.05) is 11.9 Å². The topological polar surface area (TPSA) is 70.6 Å². The predicted octanol–water partition coefficient (Wildman–Crippen LogP) is 2.54. The van der Waals surface area contributed by atoms with E-state index in [4.69, 9.17) is 0 Å². The molecule has 1 saturated heterocycles. The van der Waals surface area contributed by atoms with Crippen LogP contribution >= 0.6 is 11.8 Å². The SMILES string of the molecule is CCCCN=C1NC(=O)C(CC(=O)Nc2ccc(F)cc2)S1. The van der Waals surface area contributed by atoms with E-state index in [9.17, 15) is 14.0 Å². The van der Waals surface area contributed by atoms with Crippen molar-refractivity contribution >= 4 is 34.4 Å². The summed E-state index contributed by atoms with van der Waals surface area (Å²) in [4.78, 5) is 28.0. The third-order valence-electron chi connectivity index (χ3n) is 3.04. The molecule has 5 nitrogen and oxygen atoms in total. The summed E-state index contributed by atoms with van der Waals surface area (Å²) in [6.07, 6.45) is 2.06. The molecule has 118 valence electrons. The van der Waals surface area contributed by atoms with E-state index in [1.165, 1.54) is 36.0 Å². The Morgan fingerprint density at radius 1 is 1.41 bits per heavy atom. The standard InChI is InChI=1S/C15H18FN3O2S/c1-2-3-8-17-15-19-14(21)12(22-15)9-13(20)18-11-6-4-10(16)5-7-11/h4-7,12H,2-3,8-9H2,1H3,(H,18,20)(H,17,19,21). The Morgan fingerprint density at radius 3 is 2.82 bits per heavy atom. The van der Waals surface area contributed by atoms with Crippen LogP contribution in [0.15, 0.2) is 29.3 Å². The Kier molecular flexibility index (Phi) is 5.94. The van der Waals surface area contributed by atoms with Crippen LogP contribution in [0.3, 0.4) is 0 Å². The number of aliphatic imine (C=N–C) groups is 1. The van der Waals surface area contributed by atoms with Crippen LogP contribution in [-0.2, 0) is 9.59 Å². The van der Waals surface area contributed by atoms with Gasteiger partial charge >= 0.3 is 0 Å². The van der Waals surface area contributed by atoms with Crippen LogP contribution < -0.4 is 10.6 Å². The summed E-state index contributed by atoms with van der Waals surface area (Å²) in [5, 5.41) is 5.44. The molecule has 22 heavy (non-hydrogen) atoms. The number of amidine groups is 1. The first-order valence-electron chi connectivity index (χ1n) is 7.16. The number of thioether (sulfide) groups is 1. The van der Waals surface area contributed by atoms with Crippen molar-refractivity contribution in [3.05, 3.63) is 30.1 Å². The van der Waals surface area contributed by atoms with Gasteiger partial charge in [-0.1, -0.05) is 25.1 Å². The molecule has 2 rings (SSSR count). The van der Waals surface area contributed by atoms with Gasteiger partial charge in [0.15, 0.2) is 5.17 Å². The molecule has 1 aromatic carbocycles. The molecule has 0 bridgehead atoms. The molecule has 0 radical (unpaired) electrons. The minimum atomic E-state index is -0.471. The van der Waals surface area contributed by atoms with Crippen molar-refractivity contribution < 1.29 is 14.0 Å². The fourth-order valence-corrected chi connectivity index (χ4v) is 2.86. The molecule has 0 aliphatic carbocycles. The fourth-order valence-electron chi connectivity index (χ4n) is 1.87. The molecule has 1 aliphatic rings. The molecule has 1 heterocycles. The maximum absolute atomic E-state index is 12.8. The van der Waals surface area contributed by atoms with E-state index >= 15 is 0 Å². The largest absolute Gasteiger partial charge is 0.326 e. The molecule has 7 heteroatoms. The van der Waals surface area contributed by atoms with Crippen LogP contribution in [-0.4, -0.2) is 28.8 Å². The molecule has 0 aromatic heterocycles. The maximum atomic E-state index is 12.8. The van der Waals surface area contributed by atoms with E-state index in [2.05, 4.69) is 22.5 Å². The highest BCUT2D eigenvalue weighted by atomic mass is 32.2. The second kappa shape index (κ2) is 7.93. The zero-order chi connectivity index (χ0) is 15.9. The summed E-state index contributed by atoms with van der Waals surface area (Å²) in [5.74, 6) is -0.847. The van der Waals surface area contributed by atoms with Gasteiger partial charge in [0.25, 0.3) is 0 Å². The first-order valence-corrected chi connectivity index (χ1v) is 8.04. The first-order chi connectivity index (χ1) is 10.6.